The van der Waals surface area contributed by atoms with E-state index in [-0.39, 0.29) is 23.3 Å². The Labute approximate surface area is 332 Å². The molecule has 0 aliphatic heterocycles. The maximum absolute atomic E-state index is 10.3. The van der Waals surface area contributed by atoms with Crippen molar-refractivity contribution < 1.29 is 30.6 Å². The summed E-state index contributed by atoms with van der Waals surface area (Å²) in [7, 11) is 0. The van der Waals surface area contributed by atoms with Gasteiger partial charge in [0.1, 0.15) is 34.5 Å². The first-order valence-electron chi connectivity index (χ1n) is 19.0. The van der Waals surface area contributed by atoms with Gasteiger partial charge in [-0.15, -0.1) is 0 Å². The van der Waals surface area contributed by atoms with Crippen molar-refractivity contribution in [1.29, 1.82) is 0 Å². The number of hydrogen-bond donors (Lipinski definition) is 6. The Hall–Kier alpha value is -5.88. The van der Waals surface area contributed by atoms with Crippen molar-refractivity contribution in [3.8, 4) is 34.5 Å². The van der Waals surface area contributed by atoms with Crippen LogP contribution in [-0.2, 0) is 0 Å². The van der Waals surface area contributed by atoms with E-state index in [0.717, 1.165) is 100 Å². The van der Waals surface area contributed by atoms with E-state index >= 15 is 0 Å². The second kappa shape index (κ2) is 16.1. The summed E-state index contributed by atoms with van der Waals surface area (Å²) in [5.41, 5.74) is 16.8. The summed E-state index contributed by atoms with van der Waals surface area (Å²) in [4.78, 5) is 0. The van der Waals surface area contributed by atoms with Crippen LogP contribution < -0.4 is 0 Å². The number of hydrogen-bond acceptors (Lipinski definition) is 6. The van der Waals surface area contributed by atoms with Crippen LogP contribution >= 0.6 is 0 Å². The van der Waals surface area contributed by atoms with Crippen LogP contribution in [0.5, 0.6) is 34.5 Å². The van der Waals surface area contributed by atoms with Gasteiger partial charge in [0.15, 0.2) is 0 Å². The lowest BCUT2D eigenvalue weighted by atomic mass is 9.79. The lowest BCUT2D eigenvalue weighted by Gasteiger charge is -2.25. The number of rotatable bonds is 6. The molecule has 0 heterocycles. The van der Waals surface area contributed by atoms with Gasteiger partial charge in [0.2, 0.25) is 0 Å². The first kappa shape index (κ1) is 41.3. The van der Waals surface area contributed by atoms with Crippen LogP contribution in [0.4, 0.5) is 0 Å². The molecule has 0 bridgehead atoms. The lowest BCUT2D eigenvalue weighted by molar-refractivity contribution is 0.465. The van der Waals surface area contributed by atoms with E-state index in [1.54, 1.807) is 12.1 Å². The average Bonchev–Trinajstić information content (AvgIpc) is 3.12. The van der Waals surface area contributed by atoms with Crippen LogP contribution in [0.2, 0.25) is 0 Å². The summed E-state index contributed by atoms with van der Waals surface area (Å²) in [5.74, 6) is 1.70. The largest absolute Gasteiger partial charge is 0.508 e. The minimum atomic E-state index is -0.0750. The van der Waals surface area contributed by atoms with Gasteiger partial charge in [-0.2, -0.15) is 0 Å². The van der Waals surface area contributed by atoms with Crippen molar-refractivity contribution in [3.63, 3.8) is 0 Å². The van der Waals surface area contributed by atoms with E-state index in [1.807, 2.05) is 144 Å². The molecule has 56 heavy (non-hydrogen) atoms. The molecule has 0 atom stereocenters. The predicted molar refractivity (Wildman–Crippen MR) is 227 cm³/mol. The molecule has 6 aromatic rings. The van der Waals surface area contributed by atoms with E-state index in [2.05, 4.69) is 0 Å². The highest BCUT2D eigenvalue weighted by atomic mass is 16.3. The Morgan fingerprint density at radius 3 is 0.696 bits per heavy atom. The predicted octanol–water partition coefficient (Wildman–Crippen LogP) is 11.7. The van der Waals surface area contributed by atoms with Crippen molar-refractivity contribution in [2.45, 2.75) is 94.9 Å². The fourth-order valence-electron chi connectivity index (χ4n) is 8.00. The van der Waals surface area contributed by atoms with Crippen LogP contribution in [0.25, 0.3) is 0 Å². The van der Waals surface area contributed by atoms with Gasteiger partial charge in [-0.25, -0.2) is 0 Å². The van der Waals surface area contributed by atoms with Gasteiger partial charge in [-0.1, -0.05) is 60.7 Å². The minimum Gasteiger partial charge on any atom is -0.508 e. The zero-order valence-electron chi connectivity index (χ0n) is 34.8. The Kier molecular flexibility index (Phi) is 11.9. The van der Waals surface area contributed by atoms with Gasteiger partial charge < -0.3 is 30.6 Å². The van der Waals surface area contributed by atoms with E-state index in [1.165, 1.54) is 0 Å². The summed E-state index contributed by atoms with van der Waals surface area (Å²) in [6, 6.07) is 23.8. The molecule has 0 saturated carbocycles. The van der Waals surface area contributed by atoms with Crippen LogP contribution in [0, 0.1) is 83.1 Å². The summed E-state index contributed by atoms with van der Waals surface area (Å²) < 4.78 is 0. The molecule has 0 unspecified atom stereocenters. The molecule has 0 saturated heterocycles. The number of phenols is 6. The molecule has 0 aliphatic rings. The second-order valence-corrected chi connectivity index (χ2v) is 15.9. The van der Waals surface area contributed by atoms with Crippen molar-refractivity contribution in [2.24, 2.45) is 0 Å². The fraction of sp³-hybridized carbons (Fsp3) is 0.280. The third-order valence-corrected chi connectivity index (χ3v) is 11.2. The molecule has 0 aromatic heterocycles. The average molecular weight is 753 g/mol. The van der Waals surface area contributed by atoms with Crippen LogP contribution in [0.15, 0.2) is 72.8 Å². The van der Waals surface area contributed by atoms with Crippen molar-refractivity contribution in [1.82, 2.24) is 0 Å². The van der Waals surface area contributed by atoms with E-state index in [4.69, 9.17) is 0 Å². The number of benzene rings is 6. The standard InChI is InChI=1S/2C25H28O3/c1-13-11-22(26)15(3)9-20(13)24(19-7-17(5)25(28)18(6)8-19)21-10-16(4)23(27)12-14(21)2;1-13-7-19(8-14(2)23(13)26)22(20-9-15(3)24(27)16(4)10-20)21-11-17(5)25(28)18(6)12-21/h7-12,24,26-28H,1-6H3;7-12,22,26-28H,1-6H3. The first-order chi connectivity index (χ1) is 26.2. The third kappa shape index (κ3) is 8.20. The third-order valence-electron chi connectivity index (χ3n) is 11.2. The molecular weight excluding hydrogens is 697 g/mol. The van der Waals surface area contributed by atoms with Gasteiger partial charge in [-0.05, 0) is 195 Å². The molecule has 0 aliphatic carbocycles. The molecule has 6 heteroatoms. The van der Waals surface area contributed by atoms with E-state index < -0.39 is 0 Å². The zero-order valence-corrected chi connectivity index (χ0v) is 34.8. The SMILES string of the molecule is Cc1cc(C(c2cc(C)c(O)c(C)c2)c2cc(C)c(O)c(C)c2)cc(C)c1O.Cc1cc(C(c2cc(C)c(O)c(C)c2)c2cc(C)c(O)cc2C)c(C)cc1O. The maximum atomic E-state index is 10.3. The molecule has 292 valence electrons. The molecule has 6 nitrogen and oxygen atoms in total. The van der Waals surface area contributed by atoms with Gasteiger partial charge in [0.05, 0.1) is 0 Å². The van der Waals surface area contributed by atoms with Crippen LogP contribution in [0.1, 0.15) is 112 Å². The van der Waals surface area contributed by atoms with Crippen LogP contribution in [0.3, 0.4) is 0 Å². The van der Waals surface area contributed by atoms with E-state index in [9.17, 15) is 30.6 Å². The van der Waals surface area contributed by atoms with Gasteiger partial charge in [0.25, 0.3) is 0 Å². The Morgan fingerprint density at radius 2 is 0.464 bits per heavy atom. The molecule has 0 spiro atoms. The smallest absolute Gasteiger partial charge is 0.121 e. The second-order valence-electron chi connectivity index (χ2n) is 15.9. The van der Waals surface area contributed by atoms with Crippen molar-refractivity contribution >= 4 is 0 Å². The fourth-order valence-corrected chi connectivity index (χ4v) is 8.00. The molecule has 6 aromatic carbocycles. The summed E-state index contributed by atoms with van der Waals surface area (Å²) in [6.45, 7) is 23.1. The number of aromatic hydroxyl groups is 6. The molecule has 0 fully saturated rings. The van der Waals surface area contributed by atoms with Crippen molar-refractivity contribution in [2.75, 3.05) is 0 Å². The summed E-state index contributed by atoms with van der Waals surface area (Å²) >= 11 is 0. The highest BCUT2D eigenvalue weighted by molar-refractivity contribution is 5.58. The monoisotopic (exact) mass is 752 g/mol. The van der Waals surface area contributed by atoms with Gasteiger partial charge >= 0.3 is 0 Å². The number of aryl methyl sites for hydroxylation is 12. The highest BCUT2D eigenvalue weighted by Gasteiger charge is 2.25. The minimum absolute atomic E-state index is 0.0726. The molecule has 0 radical (unpaired) electrons. The topological polar surface area (TPSA) is 121 Å². The van der Waals surface area contributed by atoms with Crippen molar-refractivity contribution in [3.05, 3.63) is 173 Å². The quantitative estimate of drug-likeness (QED) is 0.0942. The van der Waals surface area contributed by atoms with Crippen LogP contribution in [-0.4, -0.2) is 30.6 Å². The lowest BCUT2D eigenvalue weighted by Crippen LogP contribution is -2.09. The zero-order chi connectivity index (χ0) is 41.5. The molecule has 0 amide bonds. The molecule has 6 N–H and O–H groups in total. The van der Waals surface area contributed by atoms with E-state index in [0.29, 0.717) is 23.0 Å². The molecule has 6 rings (SSSR count). The normalized spacial score (nSPS) is 11.2. The Balaban J connectivity index is 0.000000214. The number of phenolic OH excluding ortho intramolecular Hbond substituents is 6. The first-order valence-corrected chi connectivity index (χ1v) is 19.0. The van der Waals surface area contributed by atoms with Gasteiger partial charge in [-0.3, -0.25) is 0 Å². The molecular formula is C50H56O6. The van der Waals surface area contributed by atoms with Gasteiger partial charge in [0, 0.05) is 11.8 Å². The Morgan fingerprint density at radius 1 is 0.250 bits per heavy atom. The Bertz CT molecular complexity index is 2190. The maximum Gasteiger partial charge on any atom is 0.121 e. The summed E-state index contributed by atoms with van der Waals surface area (Å²) in [5, 5.41) is 61.3. The highest BCUT2D eigenvalue weighted by Crippen LogP contribution is 2.42. The summed E-state index contributed by atoms with van der Waals surface area (Å²) in [6.07, 6.45) is 0.